The van der Waals surface area contributed by atoms with E-state index in [2.05, 4.69) is 26.1 Å². The largest absolute Gasteiger partial charge is 0.338 e. The number of nitrogens with zero attached hydrogens (tertiary/aromatic N) is 2. The Labute approximate surface area is 129 Å². The fourth-order valence-corrected chi connectivity index (χ4v) is 2.06. The summed E-state index contributed by atoms with van der Waals surface area (Å²) in [5, 5.41) is 3.84. The molecule has 0 saturated heterocycles. The van der Waals surface area contributed by atoms with Crippen LogP contribution < -0.4 is 5.73 Å². The summed E-state index contributed by atoms with van der Waals surface area (Å²) in [6.45, 7) is 7.46. The second-order valence-corrected chi connectivity index (χ2v) is 6.79. The smallest absolute Gasteiger partial charge is 0.234 e. The molecule has 0 unspecified atom stereocenters. The Hall–Kier alpha value is -1.34. The molecule has 0 amide bonds. The van der Waals surface area contributed by atoms with Crippen LogP contribution in [0, 0.1) is 11.6 Å². The third-order valence-corrected chi connectivity index (χ3v) is 4.62. The summed E-state index contributed by atoms with van der Waals surface area (Å²) in [7, 11) is 0. The predicted molar refractivity (Wildman–Crippen MR) is 78.6 cm³/mol. The van der Waals surface area contributed by atoms with Crippen LogP contribution in [0.15, 0.2) is 21.1 Å². The number of rotatable bonds is 3. The van der Waals surface area contributed by atoms with Crippen molar-refractivity contribution in [3.8, 4) is 11.4 Å². The van der Waals surface area contributed by atoms with Crippen molar-refractivity contribution in [1.29, 1.82) is 0 Å². The van der Waals surface area contributed by atoms with E-state index < -0.39 is 22.6 Å². The molecule has 0 aliphatic heterocycles. The molecule has 0 bridgehead atoms. The molecule has 2 aromatic rings. The maximum absolute atomic E-state index is 13.6. The van der Waals surface area contributed by atoms with Gasteiger partial charge in [0.05, 0.1) is 9.89 Å². The molecule has 0 fully saturated rings. The molecule has 0 spiro atoms. The van der Waals surface area contributed by atoms with Crippen LogP contribution in [0.1, 0.15) is 33.6 Å². The fourth-order valence-electron chi connectivity index (χ4n) is 1.56. The molecular formula is C14H16BrF2N3O. The van der Waals surface area contributed by atoms with Crippen molar-refractivity contribution in [1.82, 2.24) is 10.1 Å². The molecule has 7 heteroatoms. The maximum atomic E-state index is 13.6. The first-order valence-corrected chi connectivity index (χ1v) is 7.12. The molecule has 2 rings (SSSR count). The van der Waals surface area contributed by atoms with E-state index in [1.165, 1.54) is 6.07 Å². The molecule has 1 aromatic carbocycles. The first kappa shape index (κ1) is 16.0. The van der Waals surface area contributed by atoms with Gasteiger partial charge < -0.3 is 10.3 Å². The van der Waals surface area contributed by atoms with Gasteiger partial charge >= 0.3 is 0 Å². The summed E-state index contributed by atoms with van der Waals surface area (Å²) in [5.74, 6) is -1.43. The van der Waals surface area contributed by atoms with Gasteiger partial charge in [0, 0.05) is 11.1 Å². The number of hydrogen-bond acceptors (Lipinski definition) is 4. The van der Waals surface area contributed by atoms with Gasteiger partial charge in [0.15, 0.2) is 11.6 Å². The number of hydrogen-bond donors (Lipinski definition) is 1. The van der Waals surface area contributed by atoms with E-state index in [0.29, 0.717) is 11.5 Å². The lowest BCUT2D eigenvalue weighted by atomic mass is 9.75. The van der Waals surface area contributed by atoms with Crippen LogP contribution in [0.2, 0.25) is 0 Å². The topological polar surface area (TPSA) is 64.9 Å². The normalized spacial score (nSPS) is 12.8. The molecule has 0 aliphatic rings. The summed E-state index contributed by atoms with van der Waals surface area (Å²) < 4.78 is 31.9. The van der Waals surface area contributed by atoms with E-state index in [1.807, 2.05) is 27.7 Å². The van der Waals surface area contributed by atoms with Crippen LogP contribution in [0.4, 0.5) is 8.78 Å². The van der Waals surface area contributed by atoms with E-state index >= 15 is 0 Å². The highest BCUT2D eigenvalue weighted by Crippen LogP contribution is 2.35. The molecular weight excluding hydrogens is 344 g/mol. The van der Waals surface area contributed by atoms with Gasteiger partial charge in [-0.3, -0.25) is 0 Å². The monoisotopic (exact) mass is 359 g/mol. The Morgan fingerprint density at radius 2 is 1.81 bits per heavy atom. The third-order valence-electron chi connectivity index (χ3n) is 3.85. The van der Waals surface area contributed by atoms with Crippen LogP contribution in [0.5, 0.6) is 0 Å². The summed E-state index contributed by atoms with van der Waals surface area (Å²) >= 11 is 3.01. The average molecular weight is 360 g/mol. The third kappa shape index (κ3) is 2.72. The SMILES string of the molecule is CC(C)(N)C(C)(C)c1nc(-c2ccc(F)c(F)c2Br)no1. The lowest BCUT2D eigenvalue weighted by molar-refractivity contribution is 0.223. The lowest BCUT2D eigenvalue weighted by Gasteiger charge is -2.34. The van der Waals surface area contributed by atoms with Crippen LogP contribution in [0.25, 0.3) is 11.4 Å². The minimum Gasteiger partial charge on any atom is -0.338 e. The van der Waals surface area contributed by atoms with Gasteiger partial charge in [-0.05, 0) is 55.8 Å². The van der Waals surface area contributed by atoms with Crippen LogP contribution in [-0.2, 0) is 5.41 Å². The fraction of sp³-hybridized carbons (Fsp3) is 0.429. The van der Waals surface area contributed by atoms with Crippen molar-refractivity contribution in [2.45, 2.75) is 38.6 Å². The summed E-state index contributed by atoms with van der Waals surface area (Å²) in [6, 6.07) is 2.40. The van der Waals surface area contributed by atoms with E-state index in [-0.39, 0.29) is 10.3 Å². The van der Waals surface area contributed by atoms with Crippen LogP contribution in [0.3, 0.4) is 0 Å². The molecule has 2 N–H and O–H groups in total. The van der Waals surface area contributed by atoms with E-state index in [0.717, 1.165) is 6.07 Å². The molecule has 0 atom stereocenters. The van der Waals surface area contributed by atoms with Gasteiger partial charge in [0.25, 0.3) is 0 Å². The highest BCUT2D eigenvalue weighted by Gasteiger charge is 2.40. The minimum absolute atomic E-state index is 0.0420. The molecule has 1 aromatic heterocycles. The molecule has 4 nitrogen and oxygen atoms in total. The van der Waals surface area contributed by atoms with Gasteiger partial charge in [0.2, 0.25) is 11.7 Å². The summed E-state index contributed by atoms with van der Waals surface area (Å²) in [6.07, 6.45) is 0. The molecule has 0 saturated carbocycles. The van der Waals surface area contributed by atoms with Gasteiger partial charge in [-0.25, -0.2) is 8.78 Å². The van der Waals surface area contributed by atoms with Crippen molar-refractivity contribution in [3.63, 3.8) is 0 Å². The number of nitrogens with two attached hydrogens (primary N) is 1. The average Bonchev–Trinajstić information content (AvgIpc) is 2.84. The zero-order chi connectivity index (χ0) is 16.0. The number of benzene rings is 1. The molecule has 1 heterocycles. The Bertz CT molecular complexity index is 677. The van der Waals surface area contributed by atoms with E-state index in [1.54, 1.807) is 0 Å². The maximum Gasteiger partial charge on any atom is 0.234 e. The second-order valence-electron chi connectivity index (χ2n) is 5.99. The Kier molecular flexibility index (Phi) is 3.92. The number of aromatic nitrogens is 2. The zero-order valence-corrected chi connectivity index (χ0v) is 13.8. The Morgan fingerprint density at radius 1 is 1.19 bits per heavy atom. The second kappa shape index (κ2) is 5.14. The van der Waals surface area contributed by atoms with Gasteiger partial charge in [0.1, 0.15) is 0 Å². The van der Waals surface area contributed by atoms with Crippen LogP contribution >= 0.6 is 15.9 Å². The van der Waals surface area contributed by atoms with Crippen molar-refractivity contribution in [3.05, 3.63) is 34.1 Å². The molecule has 114 valence electrons. The number of halogens is 3. The summed E-state index contributed by atoms with van der Waals surface area (Å²) in [4.78, 5) is 4.27. The molecule has 0 radical (unpaired) electrons. The standard InChI is InChI=1S/C14H16BrF2N3O/c1-13(2,14(3,4)18)12-19-11(20-21-12)7-5-6-8(16)10(17)9(7)15/h5-6H,18H2,1-4H3. The van der Waals surface area contributed by atoms with Crippen LogP contribution in [-0.4, -0.2) is 15.7 Å². The van der Waals surface area contributed by atoms with Gasteiger partial charge in [-0.2, -0.15) is 4.98 Å². The quantitative estimate of drug-likeness (QED) is 0.846. The van der Waals surface area contributed by atoms with E-state index in [4.69, 9.17) is 10.3 Å². The Morgan fingerprint density at radius 3 is 2.38 bits per heavy atom. The zero-order valence-electron chi connectivity index (χ0n) is 12.2. The lowest BCUT2D eigenvalue weighted by Crippen LogP contribution is -2.50. The van der Waals surface area contributed by atoms with Gasteiger partial charge in [-0.1, -0.05) is 5.16 Å². The molecule has 21 heavy (non-hydrogen) atoms. The summed E-state index contributed by atoms with van der Waals surface area (Å²) in [5.41, 5.74) is 5.26. The minimum atomic E-state index is -0.989. The Balaban J connectivity index is 2.49. The molecule has 0 aliphatic carbocycles. The predicted octanol–water partition coefficient (Wildman–Crippen LogP) is 3.79. The first-order valence-electron chi connectivity index (χ1n) is 6.32. The van der Waals surface area contributed by atoms with E-state index in [9.17, 15) is 8.78 Å². The van der Waals surface area contributed by atoms with Crippen molar-refractivity contribution in [2.24, 2.45) is 5.73 Å². The van der Waals surface area contributed by atoms with Crippen molar-refractivity contribution >= 4 is 15.9 Å². The van der Waals surface area contributed by atoms with Crippen molar-refractivity contribution in [2.75, 3.05) is 0 Å². The van der Waals surface area contributed by atoms with Crippen molar-refractivity contribution < 1.29 is 13.3 Å². The highest BCUT2D eigenvalue weighted by atomic mass is 79.9. The first-order chi connectivity index (χ1) is 9.55. The van der Waals surface area contributed by atoms with Gasteiger partial charge in [-0.15, -0.1) is 0 Å². The highest BCUT2D eigenvalue weighted by molar-refractivity contribution is 9.10.